The minimum Gasteiger partial charge on any atom is -0.343 e. The molecule has 0 aliphatic carbocycles. The standard InChI is InChI=1S/C32H29N2.C26H25N2.C25H23N2.2C24H21N2/c1-20-6-9-23(10-7-20)24-11-14-27-25(19-24)12-15-29-30(27)28-16-17-33(4)31(32(28)34(29)5)26-13-8-21(2)18-22(26)3;1-16-10-12-20(17(2)14-16)26-24-23-21-9-7-6-8-19(21)11-13-22(23)28(5)25(24)18(3)15-27(26)4;1-16-9-5-8-12-20(16)25-23-21-13-18-10-6-7-11-19(18)14-22(21)27(4)24(23)17(2)15-26(25)3;1-16-8-4-7-11-19(16)24-23-20-14-17-9-5-6-10-18(17)15-22(20)26(3)21(23)12-13-25(24)2;1-16-8-4-6-10-18(16)24-23-21(14-15-25(24)2)26(3)20-13-12-17-9-5-7-11-19(17)22(20)23/h6-19H,1-5H3;6-15H,1-5H3;5-15H,1-4H3;2*4-15H,1-3H3/q5*+1/i;1D3,3D3;;;. The number of hydrogen-bond acceptors (Lipinski definition) is 0. The second-order valence-electron chi connectivity index (χ2n) is 39.0. The van der Waals surface area contributed by atoms with Gasteiger partial charge in [0, 0.05) is 155 Å². The van der Waals surface area contributed by atoms with Crippen molar-refractivity contribution in [3.05, 3.63) is 414 Å². The first-order valence-corrected chi connectivity index (χ1v) is 48.7. The maximum absolute atomic E-state index is 8.24. The van der Waals surface area contributed by atoms with E-state index < -0.39 is 13.7 Å². The predicted octanol–water partition coefficient (Wildman–Crippen LogP) is 29.6. The van der Waals surface area contributed by atoms with Crippen molar-refractivity contribution in [2.45, 2.75) is 69.1 Å². The molecule has 26 rings (SSSR count). The van der Waals surface area contributed by atoms with Gasteiger partial charge in [0.25, 0.3) is 0 Å². The maximum atomic E-state index is 8.24. The third-order valence-corrected chi connectivity index (χ3v) is 30.0. The van der Waals surface area contributed by atoms with E-state index in [1.54, 1.807) is 18.3 Å². The summed E-state index contributed by atoms with van der Waals surface area (Å²) in [7, 11) is 21.1. The van der Waals surface area contributed by atoms with E-state index >= 15 is 0 Å². The lowest BCUT2D eigenvalue weighted by atomic mass is 9.96. The van der Waals surface area contributed by atoms with Crippen molar-refractivity contribution in [3.8, 4) is 67.4 Å². The molecule has 10 heterocycles. The molecule has 0 fully saturated rings. The molecule has 0 unspecified atom stereocenters. The summed E-state index contributed by atoms with van der Waals surface area (Å²) < 4.78 is 70.3. The largest absolute Gasteiger partial charge is 0.343 e. The highest BCUT2D eigenvalue weighted by molar-refractivity contribution is 6.27. The Morgan fingerprint density at radius 2 is 0.574 bits per heavy atom. The molecule has 0 radical (unpaired) electrons. The Balaban J connectivity index is 0.000000105. The summed E-state index contributed by atoms with van der Waals surface area (Å²) in [5, 5.41) is 24.9. The topological polar surface area (TPSA) is 44.0 Å². The number of aromatic nitrogens is 10. The Bertz CT molecular complexity index is 9940. The highest BCUT2D eigenvalue weighted by atomic mass is 15.0. The average Bonchev–Trinajstić information content (AvgIpc) is 1.56. The molecule has 0 atom stereocenters. The fourth-order valence-corrected chi connectivity index (χ4v) is 23.0. The fourth-order valence-electron chi connectivity index (χ4n) is 23.0. The van der Waals surface area contributed by atoms with Crippen LogP contribution in [0, 0.1) is 69.1 Å². The second kappa shape index (κ2) is 35.5. The summed E-state index contributed by atoms with van der Waals surface area (Å²) in [6, 6.07) is 117. The van der Waals surface area contributed by atoms with Crippen molar-refractivity contribution >= 4 is 163 Å². The van der Waals surface area contributed by atoms with Crippen LogP contribution in [0.3, 0.4) is 0 Å². The van der Waals surface area contributed by atoms with Crippen LogP contribution < -0.4 is 22.8 Å². The van der Waals surface area contributed by atoms with Gasteiger partial charge in [0.15, 0.2) is 31.0 Å². The zero-order valence-electron chi connectivity index (χ0n) is 89.5. The van der Waals surface area contributed by atoms with Crippen molar-refractivity contribution in [1.29, 1.82) is 0 Å². The smallest absolute Gasteiger partial charge is 0.237 e. The van der Waals surface area contributed by atoms with Gasteiger partial charge in [0.1, 0.15) is 40.8 Å². The molecule has 141 heavy (non-hydrogen) atoms. The number of fused-ring (bicyclic) bond motifs is 23. The number of pyridine rings is 5. The Kier molecular flexibility index (Phi) is 20.9. The number of aryl methyl sites for hydroxylation is 20. The van der Waals surface area contributed by atoms with Crippen LogP contribution in [-0.2, 0) is 70.5 Å². The third kappa shape index (κ3) is 15.1. The van der Waals surface area contributed by atoms with E-state index in [9.17, 15) is 0 Å². The minimum absolute atomic E-state index is 0.285. The van der Waals surface area contributed by atoms with Gasteiger partial charge in [0.2, 0.25) is 28.5 Å². The van der Waals surface area contributed by atoms with Crippen LogP contribution >= 0.6 is 0 Å². The third-order valence-electron chi connectivity index (χ3n) is 30.0. The molecule has 0 bridgehead atoms. The van der Waals surface area contributed by atoms with Gasteiger partial charge in [-0.2, -0.15) is 4.57 Å². The van der Waals surface area contributed by atoms with E-state index in [2.05, 4.69) is 457 Å². The molecule has 0 saturated carbocycles. The Morgan fingerprint density at radius 1 is 0.199 bits per heavy atom. The van der Waals surface area contributed by atoms with E-state index in [0.29, 0.717) is 5.52 Å². The molecule has 10 heteroatoms. The van der Waals surface area contributed by atoms with Crippen LogP contribution in [0.15, 0.2) is 359 Å². The predicted molar refractivity (Wildman–Crippen MR) is 596 cm³/mol. The first-order chi connectivity index (χ1) is 70.7. The summed E-state index contributed by atoms with van der Waals surface area (Å²) in [5.41, 5.74) is 36.9. The maximum Gasteiger partial charge on any atom is 0.237 e. The fraction of sp³-hybridized carbons (Fsp3) is 0.153. The number of nitrogens with zero attached hydrogens (tertiary/aromatic N) is 10. The lowest BCUT2D eigenvalue weighted by molar-refractivity contribution is -0.659. The SMILES string of the molecule is Cc1ccc(-c2ccc3c(ccc4c3c3cc[n+](C)c(-c5ccc(C)cc5C)c3n4C)c2)cc1.Cc1ccccc1-c1c2c3c4ccccc4ccc3n(C)c2cc[n+]1C.Cc1ccccc1-c1c2c3cc4ccccc4cc3n(C)c2c(C)c[n+]1C.Cc1ccccc1-c1c2c3cc4ccccc4cc3n(C)c2cc[n+]1C.[2H]C([2H])([2H])c1ccc(-c2c3c4c5ccccc5ccc4n(C)c3c(C([2H])([2H])[2H])c[n+]2C)c(C)c1. The van der Waals surface area contributed by atoms with Gasteiger partial charge in [-0.05, 0) is 241 Å². The zero-order valence-corrected chi connectivity index (χ0v) is 83.5. The summed E-state index contributed by atoms with van der Waals surface area (Å²) in [5.74, 6) is 0. The second-order valence-corrected chi connectivity index (χ2v) is 39.0. The first kappa shape index (κ1) is 82.8. The lowest BCUT2D eigenvalue weighted by Crippen LogP contribution is -2.31. The number of hydrogen-bond donors (Lipinski definition) is 0. The summed E-state index contributed by atoms with van der Waals surface area (Å²) in [4.78, 5) is 0. The summed E-state index contributed by atoms with van der Waals surface area (Å²) in [6.45, 7) is 12.7. The van der Waals surface area contributed by atoms with Gasteiger partial charge in [-0.3, -0.25) is 0 Å². The van der Waals surface area contributed by atoms with Crippen molar-refractivity contribution < 1.29 is 31.1 Å². The minimum atomic E-state index is -2.30. The number of rotatable bonds is 6. The number of benzene rings is 16. The van der Waals surface area contributed by atoms with Crippen LogP contribution in [0.25, 0.3) is 230 Å². The quantitative estimate of drug-likeness (QED) is 0.149. The van der Waals surface area contributed by atoms with E-state index in [1.165, 1.54) is 225 Å². The summed E-state index contributed by atoms with van der Waals surface area (Å²) in [6.07, 6.45) is 10.5. The molecule has 0 spiro atoms. The van der Waals surface area contributed by atoms with E-state index in [-0.39, 0.29) is 11.1 Å². The van der Waals surface area contributed by atoms with E-state index in [4.69, 9.17) is 8.22 Å². The molecule has 0 N–H and O–H groups in total. The van der Waals surface area contributed by atoms with Crippen molar-refractivity contribution in [2.24, 2.45) is 70.5 Å². The molecule has 688 valence electrons. The van der Waals surface area contributed by atoms with Crippen LogP contribution in [0.1, 0.15) is 63.9 Å². The molecule has 0 saturated heterocycles. The molecular formula is C131H119N10+5. The Morgan fingerprint density at radius 3 is 1.13 bits per heavy atom. The molecule has 26 aromatic rings. The summed E-state index contributed by atoms with van der Waals surface area (Å²) >= 11 is 0. The van der Waals surface area contributed by atoms with Crippen molar-refractivity contribution in [1.82, 2.24) is 22.8 Å². The normalized spacial score (nSPS) is 12.5. The van der Waals surface area contributed by atoms with Crippen molar-refractivity contribution in [2.75, 3.05) is 0 Å². The van der Waals surface area contributed by atoms with Crippen LogP contribution in [-0.4, -0.2) is 22.8 Å². The van der Waals surface area contributed by atoms with Gasteiger partial charge < -0.3 is 22.8 Å². The van der Waals surface area contributed by atoms with Gasteiger partial charge >= 0.3 is 0 Å². The van der Waals surface area contributed by atoms with Gasteiger partial charge in [-0.25, -0.2) is 18.3 Å². The molecule has 16 aromatic carbocycles. The van der Waals surface area contributed by atoms with Gasteiger partial charge in [-0.15, -0.1) is 0 Å². The highest BCUT2D eigenvalue weighted by Crippen LogP contribution is 2.47. The van der Waals surface area contributed by atoms with Gasteiger partial charge in [-0.1, -0.05) is 247 Å². The lowest BCUT2D eigenvalue weighted by Gasteiger charge is -2.09. The van der Waals surface area contributed by atoms with Crippen LogP contribution in [0.4, 0.5) is 0 Å². The average molecular weight is 1840 g/mol. The van der Waals surface area contributed by atoms with Crippen molar-refractivity contribution in [3.63, 3.8) is 0 Å². The zero-order chi connectivity index (χ0) is 103. The molecule has 0 amide bonds. The van der Waals surface area contributed by atoms with Crippen LogP contribution in [0.5, 0.6) is 0 Å². The molecular weight excluding hydrogens is 1710 g/mol. The first-order valence-electron chi connectivity index (χ1n) is 51.7. The molecule has 10 aromatic heterocycles. The molecule has 10 nitrogen and oxygen atoms in total. The van der Waals surface area contributed by atoms with Crippen LogP contribution in [0.2, 0.25) is 0 Å². The van der Waals surface area contributed by atoms with Gasteiger partial charge in [0.05, 0.1) is 49.2 Å². The van der Waals surface area contributed by atoms with E-state index in [1.807, 2.05) is 54.4 Å². The van der Waals surface area contributed by atoms with E-state index in [0.717, 1.165) is 43.9 Å². The Labute approximate surface area is 832 Å². The monoisotopic (exact) mass is 1840 g/mol. The molecule has 0 aliphatic rings. The highest BCUT2D eigenvalue weighted by Gasteiger charge is 2.31. The molecule has 0 aliphatic heterocycles. The Hall–Kier alpha value is -16.4.